The number of amides is 1. The summed E-state index contributed by atoms with van der Waals surface area (Å²) in [5.74, 6) is -0.694. The van der Waals surface area contributed by atoms with Crippen LogP contribution in [0.4, 0.5) is 9.52 Å². The average Bonchev–Trinajstić information content (AvgIpc) is 2.94. The summed E-state index contributed by atoms with van der Waals surface area (Å²) < 4.78 is 13.6. The molecule has 0 saturated carbocycles. The summed E-state index contributed by atoms with van der Waals surface area (Å²) >= 11 is 1.18. The number of hydrogen-bond acceptors (Lipinski definition) is 5. The van der Waals surface area contributed by atoms with E-state index in [0.29, 0.717) is 10.7 Å². The van der Waals surface area contributed by atoms with Crippen LogP contribution in [0.25, 0.3) is 0 Å². The van der Waals surface area contributed by atoms with E-state index in [9.17, 15) is 9.18 Å². The van der Waals surface area contributed by atoms with Gasteiger partial charge >= 0.3 is 0 Å². The monoisotopic (exact) mass is 308 g/mol. The maximum Gasteiger partial charge on any atom is 0.282 e. The van der Waals surface area contributed by atoms with Gasteiger partial charge in [0.1, 0.15) is 5.82 Å². The molecule has 0 aliphatic rings. The van der Waals surface area contributed by atoms with Gasteiger partial charge in [0.25, 0.3) is 5.91 Å². The summed E-state index contributed by atoms with van der Waals surface area (Å²) in [5.41, 5.74) is 0.444. The number of carbonyl (C=O) groups is 1. The molecule has 1 amide bonds. The fraction of sp³-hybridized carbons (Fsp3) is 0.357. The van der Waals surface area contributed by atoms with Gasteiger partial charge in [-0.15, -0.1) is 10.2 Å². The Labute approximate surface area is 126 Å². The van der Waals surface area contributed by atoms with E-state index >= 15 is 0 Å². The minimum Gasteiger partial charge on any atom is -0.360 e. The zero-order chi connectivity index (χ0) is 15.2. The number of benzene rings is 1. The predicted octanol–water partition coefficient (Wildman–Crippen LogP) is 2.99. The molecule has 1 unspecified atom stereocenters. The van der Waals surface area contributed by atoms with E-state index in [2.05, 4.69) is 20.8 Å². The van der Waals surface area contributed by atoms with E-state index < -0.39 is 6.04 Å². The van der Waals surface area contributed by atoms with E-state index in [1.165, 1.54) is 17.4 Å². The van der Waals surface area contributed by atoms with Crippen LogP contribution in [0.2, 0.25) is 0 Å². The third kappa shape index (κ3) is 3.98. The van der Waals surface area contributed by atoms with Crippen LogP contribution in [0.5, 0.6) is 0 Å². The van der Waals surface area contributed by atoms with Crippen molar-refractivity contribution < 1.29 is 9.18 Å². The zero-order valence-corrected chi connectivity index (χ0v) is 12.7. The van der Waals surface area contributed by atoms with Crippen molar-refractivity contribution in [1.82, 2.24) is 15.5 Å². The first-order valence-electron chi connectivity index (χ1n) is 6.74. The molecule has 5 nitrogen and oxygen atoms in total. The molecule has 2 N–H and O–H groups in total. The van der Waals surface area contributed by atoms with Crippen molar-refractivity contribution in [2.45, 2.75) is 26.3 Å². The Bertz CT molecular complexity index is 617. The first kappa shape index (κ1) is 15.4. The number of anilines is 1. The van der Waals surface area contributed by atoms with Crippen molar-refractivity contribution in [2.24, 2.45) is 0 Å². The van der Waals surface area contributed by atoms with Crippen LogP contribution in [-0.2, 0) is 0 Å². The first-order valence-corrected chi connectivity index (χ1v) is 7.56. The van der Waals surface area contributed by atoms with Gasteiger partial charge in [0.15, 0.2) is 0 Å². The molecule has 0 fully saturated rings. The number of rotatable bonds is 6. The molecular weight excluding hydrogens is 291 g/mol. The van der Waals surface area contributed by atoms with Crippen molar-refractivity contribution in [3.63, 3.8) is 0 Å². The molecule has 0 spiro atoms. The van der Waals surface area contributed by atoms with Gasteiger partial charge in [-0.1, -0.05) is 36.5 Å². The van der Waals surface area contributed by atoms with Crippen molar-refractivity contribution in [3.05, 3.63) is 40.7 Å². The van der Waals surface area contributed by atoms with Crippen LogP contribution in [0.3, 0.4) is 0 Å². The molecule has 0 bridgehead atoms. The molecule has 7 heteroatoms. The van der Waals surface area contributed by atoms with Gasteiger partial charge in [0.05, 0.1) is 6.04 Å². The third-order valence-corrected chi connectivity index (χ3v) is 3.74. The lowest BCUT2D eigenvalue weighted by atomic mass is 10.1. The van der Waals surface area contributed by atoms with Gasteiger partial charge in [0, 0.05) is 12.1 Å². The van der Waals surface area contributed by atoms with Crippen LogP contribution in [0.1, 0.15) is 41.7 Å². The summed E-state index contributed by atoms with van der Waals surface area (Å²) in [6, 6.07) is 5.93. The highest BCUT2D eigenvalue weighted by molar-refractivity contribution is 7.17. The Hall–Kier alpha value is -2.02. The standard InChI is InChI=1S/C14H17FN4OS/c1-3-8-16-14-19-18-13(21-14)12(20)17-9(2)10-6-4-5-7-11(10)15/h4-7,9H,3,8H2,1-2H3,(H,16,19)(H,17,20). The maximum atomic E-state index is 13.6. The van der Waals surface area contributed by atoms with Gasteiger partial charge in [-0.3, -0.25) is 4.79 Å². The largest absolute Gasteiger partial charge is 0.360 e. The highest BCUT2D eigenvalue weighted by Crippen LogP contribution is 2.19. The fourth-order valence-corrected chi connectivity index (χ4v) is 2.45. The lowest BCUT2D eigenvalue weighted by Gasteiger charge is -2.13. The second-order valence-electron chi connectivity index (χ2n) is 4.56. The lowest BCUT2D eigenvalue weighted by molar-refractivity contribution is 0.0938. The molecule has 0 aliphatic carbocycles. The van der Waals surface area contributed by atoms with E-state index in [1.807, 2.05) is 6.92 Å². The fourth-order valence-electron chi connectivity index (χ4n) is 1.78. The minimum atomic E-state index is -0.436. The second kappa shape index (κ2) is 7.12. The summed E-state index contributed by atoms with van der Waals surface area (Å²) in [7, 11) is 0. The van der Waals surface area contributed by atoms with Crippen LogP contribution < -0.4 is 10.6 Å². The Morgan fingerprint density at radius 1 is 1.38 bits per heavy atom. The Morgan fingerprint density at radius 2 is 2.14 bits per heavy atom. The van der Waals surface area contributed by atoms with Crippen molar-refractivity contribution in [2.75, 3.05) is 11.9 Å². The number of hydrogen-bond donors (Lipinski definition) is 2. The van der Waals surface area contributed by atoms with Crippen LogP contribution in [0.15, 0.2) is 24.3 Å². The normalized spacial score (nSPS) is 12.0. The number of nitrogens with one attached hydrogen (secondary N) is 2. The summed E-state index contributed by atoms with van der Waals surface area (Å²) in [4.78, 5) is 12.1. The average molecular weight is 308 g/mol. The lowest BCUT2D eigenvalue weighted by Crippen LogP contribution is -2.27. The SMILES string of the molecule is CCCNc1nnc(C(=O)NC(C)c2ccccc2F)s1. The van der Waals surface area contributed by atoms with Gasteiger partial charge in [-0.2, -0.15) is 0 Å². The molecular formula is C14H17FN4OS. The summed E-state index contributed by atoms with van der Waals surface area (Å²) in [5, 5.41) is 14.4. The Morgan fingerprint density at radius 3 is 2.86 bits per heavy atom. The quantitative estimate of drug-likeness (QED) is 0.861. The molecule has 1 atom stereocenters. The third-order valence-electron chi connectivity index (χ3n) is 2.86. The maximum absolute atomic E-state index is 13.6. The molecule has 2 rings (SSSR count). The highest BCUT2D eigenvalue weighted by atomic mass is 32.1. The Kier molecular flexibility index (Phi) is 5.21. The van der Waals surface area contributed by atoms with Crippen molar-refractivity contribution in [1.29, 1.82) is 0 Å². The van der Waals surface area contributed by atoms with Gasteiger partial charge in [0.2, 0.25) is 10.1 Å². The van der Waals surface area contributed by atoms with Gasteiger partial charge in [-0.25, -0.2) is 4.39 Å². The van der Waals surface area contributed by atoms with Crippen LogP contribution >= 0.6 is 11.3 Å². The zero-order valence-electron chi connectivity index (χ0n) is 11.9. The number of carbonyl (C=O) groups excluding carboxylic acids is 1. The molecule has 1 heterocycles. The van der Waals surface area contributed by atoms with E-state index in [4.69, 9.17) is 0 Å². The molecule has 112 valence electrons. The molecule has 0 saturated heterocycles. The number of halogens is 1. The molecule has 21 heavy (non-hydrogen) atoms. The summed E-state index contributed by atoms with van der Waals surface area (Å²) in [6.45, 7) is 4.55. The first-order chi connectivity index (χ1) is 10.1. The summed E-state index contributed by atoms with van der Waals surface area (Å²) in [6.07, 6.45) is 0.964. The second-order valence-corrected chi connectivity index (χ2v) is 5.53. The number of nitrogens with zero attached hydrogens (tertiary/aromatic N) is 2. The minimum absolute atomic E-state index is 0.261. The van der Waals surface area contributed by atoms with E-state index in [1.54, 1.807) is 25.1 Å². The van der Waals surface area contributed by atoms with Crippen LogP contribution in [-0.4, -0.2) is 22.6 Å². The molecule has 0 aliphatic heterocycles. The smallest absolute Gasteiger partial charge is 0.282 e. The Balaban J connectivity index is 2.01. The van der Waals surface area contributed by atoms with E-state index in [0.717, 1.165) is 13.0 Å². The van der Waals surface area contributed by atoms with Crippen molar-refractivity contribution >= 4 is 22.4 Å². The topological polar surface area (TPSA) is 66.9 Å². The van der Waals surface area contributed by atoms with Crippen LogP contribution in [0, 0.1) is 5.82 Å². The molecule has 0 radical (unpaired) electrons. The molecule has 1 aromatic heterocycles. The molecule has 2 aromatic rings. The van der Waals surface area contributed by atoms with E-state index in [-0.39, 0.29) is 16.7 Å². The van der Waals surface area contributed by atoms with Crippen molar-refractivity contribution in [3.8, 4) is 0 Å². The number of aromatic nitrogens is 2. The van der Waals surface area contributed by atoms with Gasteiger partial charge in [-0.05, 0) is 19.4 Å². The highest BCUT2D eigenvalue weighted by Gasteiger charge is 2.17. The predicted molar refractivity (Wildman–Crippen MR) is 81.0 cm³/mol. The molecule has 1 aromatic carbocycles. The van der Waals surface area contributed by atoms with Gasteiger partial charge < -0.3 is 10.6 Å².